The lowest BCUT2D eigenvalue weighted by Crippen LogP contribution is -2.14. The zero-order valence-electron chi connectivity index (χ0n) is 22.2. The van der Waals surface area contributed by atoms with E-state index in [1.165, 1.54) is 41.1 Å². The summed E-state index contributed by atoms with van der Waals surface area (Å²) in [5.74, 6) is -3.35. The van der Waals surface area contributed by atoms with E-state index in [2.05, 4.69) is 11.9 Å². The highest BCUT2D eigenvalue weighted by Gasteiger charge is 2.36. The normalized spacial score (nSPS) is 11.9. The number of hydrogen-bond acceptors (Lipinski definition) is 1. The number of nitrogens with zero attached hydrogens (tertiary/aromatic N) is 1. The van der Waals surface area contributed by atoms with E-state index in [0.29, 0.717) is 5.57 Å². The zero-order chi connectivity index (χ0) is 30.8. The van der Waals surface area contributed by atoms with Gasteiger partial charge in [-0.25, -0.2) is 8.78 Å². The van der Waals surface area contributed by atoms with Gasteiger partial charge in [-0.05, 0) is 42.8 Å². The van der Waals surface area contributed by atoms with Gasteiger partial charge in [-0.15, -0.1) is 6.58 Å². The molecule has 3 aromatic rings. The quantitative estimate of drug-likeness (QED) is 0.171. The van der Waals surface area contributed by atoms with E-state index in [1.807, 2.05) is 13.8 Å². The Bertz CT molecular complexity index is 1260. The molecule has 0 aliphatic carbocycles. The predicted octanol–water partition coefficient (Wildman–Crippen LogP) is 10.4. The minimum Gasteiger partial charge on any atom is -0.330 e. The molecule has 1 amide bonds. The number of amides is 1. The number of anilines is 1. The van der Waals surface area contributed by atoms with Crippen molar-refractivity contribution < 1.29 is 39.9 Å². The number of nitrogens with one attached hydrogen (secondary N) is 1. The lowest BCUT2D eigenvalue weighted by atomic mass is 10.1. The Balaban J connectivity index is 0.000000885. The van der Waals surface area contributed by atoms with Crippen molar-refractivity contribution in [3.05, 3.63) is 89.6 Å². The third-order valence-electron chi connectivity index (χ3n) is 5.05. The van der Waals surface area contributed by atoms with Crippen LogP contribution >= 0.6 is 11.6 Å². The van der Waals surface area contributed by atoms with Crippen LogP contribution in [0.1, 0.15) is 62.0 Å². The number of aromatic nitrogens is 1. The van der Waals surface area contributed by atoms with Crippen LogP contribution in [0.25, 0.3) is 11.3 Å². The second-order valence-corrected chi connectivity index (χ2v) is 8.68. The number of carbonyl (C=O) groups is 1. The van der Waals surface area contributed by atoms with Crippen LogP contribution in [0, 0.1) is 11.6 Å². The first-order valence-corrected chi connectivity index (χ1v) is 12.5. The van der Waals surface area contributed by atoms with Gasteiger partial charge in [0.1, 0.15) is 5.50 Å². The highest BCUT2D eigenvalue weighted by Crippen LogP contribution is 2.41. The van der Waals surface area contributed by atoms with E-state index in [0.717, 1.165) is 25.1 Å². The summed E-state index contributed by atoms with van der Waals surface area (Å²) < 4.78 is 102. The van der Waals surface area contributed by atoms with Gasteiger partial charge in [-0.2, -0.15) is 26.3 Å². The van der Waals surface area contributed by atoms with Crippen molar-refractivity contribution >= 4 is 23.2 Å². The van der Waals surface area contributed by atoms with Gasteiger partial charge in [0.15, 0.2) is 11.6 Å². The molecule has 3 nitrogen and oxygen atoms in total. The predicted molar refractivity (Wildman–Crippen MR) is 141 cm³/mol. The van der Waals surface area contributed by atoms with Crippen LogP contribution in [0.3, 0.4) is 0 Å². The van der Waals surface area contributed by atoms with Crippen molar-refractivity contribution in [1.82, 2.24) is 4.57 Å². The fraction of sp³-hybridized carbons (Fsp3) is 0.321. The van der Waals surface area contributed by atoms with Crippen molar-refractivity contribution in [3.63, 3.8) is 0 Å². The molecule has 0 fully saturated rings. The summed E-state index contributed by atoms with van der Waals surface area (Å²) in [7, 11) is 0. The summed E-state index contributed by atoms with van der Waals surface area (Å²) in [5, 5.41) is 2.39. The molecule has 3 rings (SSSR count). The third kappa shape index (κ3) is 10.0. The number of carbonyl (C=O) groups excluding carboxylic acids is 1. The maximum absolute atomic E-state index is 13.8. The van der Waals surface area contributed by atoms with Gasteiger partial charge in [0.2, 0.25) is 0 Å². The zero-order valence-corrected chi connectivity index (χ0v) is 22.9. The standard InChI is InChI=1S/C23H18ClF5N2O.C3H5F3.C2H6/c1-13(2)12-19(24)31-11-10-17(23(27,28)29)21(31)14-6-8-15(9-7-14)30-22(32)16-4-3-5-18(25)20(16)26;1-2-3(4,5)6;1-2/h3-11,19H,1,12H2,2H3,(H,30,32);2H2,1H3;1-2H3. The summed E-state index contributed by atoms with van der Waals surface area (Å²) in [6, 6.07) is 9.63. The average molecular weight is 597 g/mol. The molecule has 1 N–H and O–H groups in total. The molecule has 1 aromatic heterocycles. The van der Waals surface area contributed by atoms with Crippen LogP contribution in [0.2, 0.25) is 0 Å². The van der Waals surface area contributed by atoms with Gasteiger partial charge in [0, 0.05) is 24.7 Å². The Labute approximate surface area is 232 Å². The molecule has 1 heterocycles. The van der Waals surface area contributed by atoms with Gasteiger partial charge in [0.25, 0.3) is 5.91 Å². The lowest BCUT2D eigenvalue weighted by Gasteiger charge is -2.18. The van der Waals surface area contributed by atoms with Gasteiger partial charge in [-0.3, -0.25) is 4.79 Å². The molecule has 2 aromatic carbocycles. The number of benzene rings is 2. The first-order chi connectivity index (χ1) is 18.5. The molecule has 0 saturated carbocycles. The Kier molecular flexibility index (Phi) is 12.9. The highest BCUT2D eigenvalue weighted by molar-refractivity contribution is 6.19. The van der Waals surface area contributed by atoms with Crippen LogP contribution in [0.15, 0.2) is 66.9 Å². The maximum Gasteiger partial charge on any atom is 0.418 e. The summed E-state index contributed by atoms with van der Waals surface area (Å²) in [5.41, 5.74) is -1.15. The fourth-order valence-corrected chi connectivity index (χ4v) is 3.62. The van der Waals surface area contributed by atoms with E-state index in [4.69, 9.17) is 11.6 Å². The monoisotopic (exact) mass is 596 g/mol. The summed E-state index contributed by atoms with van der Waals surface area (Å²) in [6.07, 6.45) is -7.76. The molecule has 220 valence electrons. The third-order valence-corrected chi connectivity index (χ3v) is 5.42. The number of halogens is 9. The molecule has 0 bridgehead atoms. The Morgan fingerprint density at radius 3 is 2.02 bits per heavy atom. The minimum atomic E-state index is -4.61. The molecule has 0 spiro atoms. The average Bonchev–Trinajstić information content (AvgIpc) is 3.33. The summed E-state index contributed by atoms with van der Waals surface area (Å²) >= 11 is 6.33. The van der Waals surface area contributed by atoms with Crippen LogP contribution in [-0.4, -0.2) is 16.7 Å². The van der Waals surface area contributed by atoms with Gasteiger partial charge in [0.05, 0.1) is 16.8 Å². The van der Waals surface area contributed by atoms with Crippen molar-refractivity contribution in [1.29, 1.82) is 0 Å². The first kappa shape index (κ1) is 34.7. The van der Waals surface area contributed by atoms with Crippen LogP contribution in [0.5, 0.6) is 0 Å². The molecule has 0 radical (unpaired) electrons. The van der Waals surface area contributed by atoms with E-state index >= 15 is 0 Å². The van der Waals surface area contributed by atoms with Gasteiger partial charge >= 0.3 is 12.4 Å². The topological polar surface area (TPSA) is 34.0 Å². The van der Waals surface area contributed by atoms with E-state index in [1.54, 1.807) is 6.92 Å². The Morgan fingerprint density at radius 1 is 1.00 bits per heavy atom. The van der Waals surface area contributed by atoms with Gasteiger partial charge < -0.3 is 9.88 Å². The van der Waals surface area contributed by atoms with Gasteiger partial charge in [-0.1, -0.05) is 56.1 Å². The van der Waals surface area contributed by atoms with Crippen molar-refractivity contribution in [2.45, 2.75) is 58.4 Å². The summed E-state index contributed by atoms with van der Waals surface area (Å²) in [4.78, 5) is 12.2. The minimum absolute atomic E-state index is 0.132. The van der Waals surface area contributed by atoms with Crippen LogP contribution in [-0.2, 0) is 6.18 Å². The number of hydrogen-bond donors (Lipinski definition) is 1. The van der Waals surface area contributed by atoms with E-state index in [9.17, 15) is 39.9 Å². The molecule has 0 aliphatic heterocycles. The number of allylic oxidation sites excluding steroid dienone is 1. The second-order valence-electron chi connectivity index (χ2n) is 8.18. The summed E-state index contributed by atoms with van der Waals surface area (Å²) in [6.45, 7) is 10.6. The van der Waals surface area contributed by atoms with Crippen LogP contribution in [0.4, 0.5) is 40.8 Å². The lowest BCUT2D eigenvalue weighted by molar-refractivity contribution is -0.137. The molecular weight excluding hydrogens is 568 g/mol. The van der Waals surface area contributed by atoms with Crippen molar-refractivity contribution in [2.24, 2.45) is 0 Å². The SMILES string of the molecule is C=C(C)CC(Cl)n1ccc(C(F)(F)F)c1-c1ccc(NC(=O)c2cccc(F)c2F)cc1.CC.CCC(F)(F)F. The highest BCUT2D eigenvalue weighted by atomic mass is 35.5. The Hall–Kier alpha value is -3.34. The van der Waals surface area contributed by atoms with E-state index in [-0.39, 0.29) is 23.4 Å². The molecule has 1 unspecified atom stereocenters. The fourth-order valence-electron chi connectivity index (χ4n) is 3.19. The van der Waals surface area contributed by atoms with Crippen molar-refractivity contribution in [2.75, 3.05) is 5.32 Å². The molecular formula is C28H29ClF8N2O. The Morgan fingerprint density at radius 2 is 1.55 bits per heavy atom. The molecule has 0 aliphatic rings. The maximum atomic E-state index is 13.8. The largest absolute Gasteiger partial charge is 0.418 e. The molecule has 0 saturated heterocycles. The van der Waals surface area contributed by atoms with Crippen LogP contribution < -0.4 is 5.32 Å². The number of rotatable bonds is 6. The molecule has 12 heteroatoms. The smallest absolute Gasteiger partial charge is 0.330 e. The molecule has 1 atom stereocenters. The van der Waals surface area contributed by atoms with E-state index < -0.39 is 52.9 Å². The number of alkyl halides is 7. The molecule has 40 heavy (non-hydrogen) atoms. The first-order valence-electron chi connectivity index (χ1n) is 12.0. The van der Waals surface area contributed by atoms with Crippen molar-refractivity contribution in [3.8, 4) is 11.3 Å². The second kappa shape index (κ2) is 14.9.